The highest BCUT2D eigenvalue weighted by Gasteiger charge is 2.70. The zero-order valence-electron chi connectivity index (χ0n) is 30.5. The lowest BCUT2D eigenvalue weighted by Gasteiger charge is -2.41. The Morgan fingerprint density at radius 3 is 2.08 bits per heavy atom. The summed E-state index contributed by atoms with van der Waals surface area (Å²) in [6.07, 6.45) is 4.93. The number of fused-ring (bicyclic) bond motifs is 1. The molecular formula is C35H58FN5O7S. The molecule has 4 N–H and O–H groups in total. The summed E-state index contributed by atoms with van der Waals surface area (Å²) in [5.41, 5.74) is -2.03. The Kier molecular flexibility index (Phi) is 11.2. The summed E-state index contributed by atoms with van der Waals surface area (Å²) in [6, 6.07) is -3.99. The molecule has 5 amide bonds. The molecule has 4 rings (SSSR count). The number of Topliss-reactive ketones (excluding diaryl/α,β-unsaturated/α-hetero) is 1. The van der Waals surface area contributed by atoms with Crippen LogP contribution >= 0.6 is 0 Å². The lowest BCUT2D eigenvalue weighted by atomic mass is 9.83. The Labute approximate surface area is 291 Å². The van der Waals surface area contributed by atoms with Crippen molar-refractivity contribution in [2.24, 2.45) is 22.7 Å². The van der Waals surface area contributed by atoms with Gasteiger partial charge >= 0.3 is 6.03 Å². The summed E-state index contributed by atoms with van der Waals surface area (Å²) in [4.78, 5) is 69.2. The van der Waals surface area contributed by atoms with E-state index in [9.17, 15) is 36.8 Å². The largest absolute Gasteiger partial charge is 0.347 e. The molecule has 14 heteroatoms. The number of hydrogen-bond donors (Lipinski definition) is 4. The summed E-state index contributed by atoms with van der Waals surface area (Å²) in [5.74, 6) is -3.13. The summed E-state index contributed by atoms with van der Waals surface area (Å²) < 4.78 is 38.8. The Morgan fingerprint density at radius 1 is 0.939 bits per heavy atom. The smallest absolute Gasteiger partial charge is 0.315 e. The predicted molar refractivity (Wildman–Crippen MR) is 184 cm³/mol. The SMILES string of the molecule is CC(C)(C)[C@H](NC(=O)NC1(CS(=O)(=O)C(C)(C)C)CCCCC1)C(=O)N1C[C@H]2[C@@H]([C@H]1C(=O)N[C@@H](CCCF)C(=O)C(=O)NC1CC1)C2(C)C. The van der Waals surface area contributed by atoms with Gasteiger partial charge in [0, 0.05) is 12.6 Å². The van der Waals surface area contributed by atoms with E-state index < -0.39 is 79.9 Å². The number of carbonyl (C=O) groups excluding carboxylic acids is 5. The van der Waals surface area contributed by atoms with Gasteiger partial charge in [0.05, 0.1) is 28.8 Å². The van der Waals surface area contributed by atoms with Crippen LogP contribution in [0.5, 0.6) is 0 Å². The van der Waals surface area contributed by atoms with E-state index in [1.54, 1.807) is 41.5 Å². The Morgan fingerprint density at radius 2 is 1.55 bits per heavy atom. The minimum Gasteiger partial charge on any atom is -0.347 e. The van der Waals surface area contributed by atoms with Crippen LogP contribution in [-0.2, 0) is 29.0 Å². The fourth-order valence-electron chi connectivity index (χ4n) is 7.60. The number of hydrogen-bond acceptors (Lipinski definition) is 7. The second-order valence-corrected chi connectivity index (χ2v) is 20.2. The highest BCUT2D eigenvalue weighted by Crippen LogP contribution is 2.65. The zero-order chi connectivity index (χ0) is 36.7. The maximum Gasteiger partial charge on any atom is 0.315 e. The van der Waals surface area contributed by atoms with Gasteiger partial charge in [0.15, 0.2) is 9.84 Å². The van der Waals surface area contributed by atoms with E-state index in [1.165, 1.54) is 4.90 Å². The molecule has 0 spiro atoms. The minimum absolute atomic E-state index is 0.00733. The molecule has 0 aromatic rings. The van der Waals surface area contributed by atoms with Gasteiger partial charge in [-0.15, -0.1) is 0 Å². The van der Waals surface area contributed by atoms with Crippen LogP contribution < -0.4 is 21.3 Å². The summed E-state index contributed by atoms with van der Waals surface area (Å²) in [6.45, 7) is 13.9. The third-order valence-electron chi connectivity index (χ3n) is 11.1. The van der Waals surface area contributed by atoms with Crippen molar-refractivity contribution in [3.63, 3.8) is 0 Å². The number of nitrogens with one attached hydrogen (secondary N) is 4. The molecule has 1 saturated heterocycles. The lowest BCUT2D eigenvalue weighted by Crippen LogP contribution is -2.64. The van der Waals surface area contributed by atoms with E-state index >= 15 is 0 Å². The van der Waals surface area contributed by atoms with Gasteiger partial charge in [0.1, 0.15) is 12.1 Å². The normalized spacial score (nSPS) is 25.7. The lowest BCUT2D eigenvalue weighted by molar-refractivity contribution is -0.145. The van der Waals surface area contributed by atoms with Gasteiger partial charge in [-0.2, -0.15) is 0 Å². The van der Waals surface area contributed by atoms with Crippen molar-refractivity contribution in [1.29, 1.82) is 0 Å². The molecule has 0 aromatic carbocycles. The van der Waals surface area contributed by atoms with Crippen LogP contribution in [0.3, 0.4) is 0 Å². The summed E-state index contributed by atoms with van der Waals surface area (Å²) >= 11 is 0. The number of nitrogens with zero attached hydrogens (tertiary/aromatic N) is 1. The van der Waals surface area contributed by atoms with Crippen molar-refractivity contribution in [2.45, 2.75) is 148 Å². The van der Waals surface area contributed by atoms with Crippen LogP contribution in [0.15, 0.2) is 0 Å². The molecule has 0 radical (unpaired) electrons. The second kappa shape index (κ2) is 14.1. The van der Waals surface area contributed by atoms with Crippen molar-refractivity contribution in [3.05, 3.63) is 0 Å². The van der Waals surface area contributed by atoms with Crippen molar-refractivity contribution in [3.8, 4) is 0 Å². The van der Waals surface area contributed by atoms with E-state index in [1.807, 2.05) is 13.8 Å². The first-order valence-corrected chi connectivity index (χ1v) is 19.5. The van der Waals surface area contributed by atoms with Crippen LogP contribution in [0.4, 0.5) is 9.18 Å². The molecule has 0 unspecified atom stereocenters. The molecule has 1 aliphatic heterocycles. The topological polar surface area (TPSA) is 171 Å². The van der Waals surface area contributed by atoms with Crippen LogP contribution in [0.2, 0.25) is 0 Å². The molecule has 49 heavy (non-hydrogen) atoms. The Hall–Kier alpha value is -2.77. The highest BCUT2D eigenvalue weighted by atomic mass is 32.2. The van der Waals surface area contributed by atoms with Crippen molar-refractivity contribution >= 4 is 39.4 Å². The number of ketones is 1. The van der Waals surface area contributed by atoms with Crippen LogP contribution in [-0.4, -0.2) is 96.3 Å². The number of amides is 5. The summed E-state index contributed by atoms with van der Waals surface area (Å²) in [5, 5.41) is 11.2. The summed E-state index contributed by atoms with van der Waals surface area (Å²) in [7, 11) is -3.58. The van der Waals surface area contributed by atoms with Crippen molar-refractivity contribution in [2.75, 3.05) is 19.0 Å². The number of urea groups is 1. The number of piperidine rings is 1. The molecule has 3 aliphatic carbocycles. The number of likely N-dealkylation sites (tertiary alicyclic amines) is 1. The van der Waals surface area contributed by atoms with E-state index in [0.29, 0.717) is 12.8 Å². The number of alkyl halides is 1. The quantitative estimate of drug-likeness (QED) is 0.213. The maximum atomic E-state index is 14.4. The van der Waals surface area contributed by atoms with Crippen LogP contribution in [0, 0.1) is 22.7 Å². The first-order chi connectivity index (χ1) is 22.5. The standard InChI is InChI=1S/C35H58FN5O7S/c1-32(2,3)27(39-31(46)40-35(16-10-9-11-17-35)20-49(47,48)33(4,5)6)30(45)41-19-22-24(34(22,7)8)25(41)28(43)38-23(13-12-18-36)26(42)29(44)37-21-14-15-21/h21-25,27H,9-20H2,1-8H3,(H,37,44)(H,38,43)(H2,39,40,46)/t22-,23-,24-,25-,27+/m0/s1. The first kappa shape index (κ1) is 39.0. The molecule has 5 atom stereocenters. The Balaban J connectivity index is 1.54. The molecule has 3 saturated carbocycles. The predicted octanol–water partition coefficient (Wildman–Crippen LogP) is 3.18. The van der Waals surface area contributed by atoms with Gasteiger partial charge in [-0.3, -0.25) is 23.6 Å². The fraction of sp³-hybridized carbons (Fsp3) is 0.857. The minimum atomic E-state index is -3.58. The average Bonchev–Trinajstić information content (AvgIpc) is 3.83. The van der Waals surface area contributed by atoms with Crippen molar-refractivity contribution < 1.29 is 36.8 Å². The van der Waals surface area contributed by atoms with E-state index in [0.717, 1.165) is 32.1 Å². The van der Waals surface area contributed by atoms with Crippen LogP contribution in [0.1, 0.15) is 113 Å². The molecule has 4 fully saturated rings. The van der Waals surface area contributed by atoms with Crippen molar-refractivity contribution in [1.82, 2.24) is 26.2 Å². The molecule has 12 nitrogen and oxygen atoms in total. The van der Waals surface area contributed by atoms with E-state index in [4.69, 9.17) is 0 Å². The maximum absolute atomic E-state index is 14.4. The molecular weight excluding hydrogens is 653 g/mol. The molecule has 0 bridgehead atoms. The molecule has 278 valence electrons. The first-order valence-electron chi connectivity index (χ1n) is 17.9. The third-order valence-corrected chi connectivity index (χ3v) is 13.9. The number of sulfone groups is 1. The average molecular weight is 712 g/mol. The monoisotopic (exact) mass is 711 g/mol. The number of rotatable bonds is 13. The van der Waals surface area contributed by atoms with Gasteiger partial charge in [-0.1, -0.05) is 53.9 Å². The van der Waals surface area contributed by atoms with Gasteiger partial charge in [0.25, 0.3) is 5.91 Å². The van der Waals surface area contributed by atoms with Crippen LogP contribution in [0.25, 0.3) is 0 Å². The fourth-order valence-corrected chi connectivity index (χ4v) is 9.12. The molecule has 4 aliphatic rings. The van der Waals surface area contributed by atoms with E-state index in [-0.39, 0.29) is 48.4 Å². The number of halogens is 1. The molecule has 1 heterocycles. The second-order valence-electron chi connectivity index (χ2n) is 17.5. The van der Waals surface area contributed by atoms with Gasteiger partial charge in [-0.25, -0.2) is 13.2 Å². The van der Waals surface area contributed by atoms with E-state index in [2.05, 4.69) is 21.3 Å². The third kappa shape index (κ3) is 8.76. The van der Waals surface area contributed by atoms with Gasteiger partial charge < -0.3 is 26.2 Å². The molecule has 0 aromatic heterocycles. The Bertz CT molecular complexity index is 1410. The number of carbonyl (C=O) groups is 5. The highest BCUT2D eigenvalue weighted by molar-refractivity contribution is 7.92. The van der Waals surface area contributed by atoms with Gasteiger partial charge in [-0.05, 0) is 82.0 Å². The zero-order valence-corrected chi connectivity index (χ0v) is 31.4. The van der Waals surface area contributed by atoms with Gasteiger partial charge in [0.2, 0.25) is 17.6 Å².